The van der Waals surface area contributed by atoms with Crippen molar-refractivity contribution in [1.82, 2.24) is 5.32 Å². The molecule has 0 atom stereocenters. The van der Waals surface area contributed by atoms with Crippen molar-refractivity contribution >= 4 is 5.69 Å². The van der Waals surface area contributed by atoms with Crippen molar-refractivity contribution in [2.24, 2.45) is 0 Å². The molecular weight excluding hydrogens is 284 g/mol. The Balaban J connectivity index is 1.70. The molecule has 0 spiro atoms. The summed E-state index contributed by atoms with van der Waals surface area (Å²) in [5, 5.41) is 3.76. The Kier molecular flexibility index (Phi) is 7.73. The third-order valence-electron chi connectivity index (χ3n) is 4.62. The summed E-state index contributed by atoms with van der Waals surface area (Å²) in [7, 11) is 0. The SMILES string of the molecule is CC(C)Oc1ccc(CCCNC2CCCCCCC2)cc1N. The number of nitrogens with one attached hydrogen (secondary N) is 1. The second-order valence-corrected chi connectivity index (χ2v) is 7.14. The average Bonchev–Trinajstić information content (AvgIpc) is 2.47. The van der Waals surface area contributed by atoms with Crippen molar-refractivity contribution < 1.29 is 4.74 Å². The van der Waals surface area contributed by atoms with Gasteiger partial charge in [0.1, 0.15) is 5.75 Å². The summed E-state index contributed by atoms with van der Waals surface area (Å²) in [6.45, 7) is 5.15. The summed E-state index contributed by atoms with van der Waals surface area (Å²) in [4.78, 5) is 0. The van der Waals surface area contributed by atoms with E-state index in [2.05, 4.69) is 17.4 Å². The Morgan fingerprint density at radius 2 is 1.83 bits per heavy atom. The fourth-order valence-electron chi connectivity index (χ4n) is 3.37. The van der Waals surface area contributed by atoms with Gasteiger partial charge in [-0.05, 0) is 63.8 Å². The summed E-state index contributed by atoms with van der Waals surface area (Å²) in [6, 6.07) is 6.95. The van der Waals surface area contributed by atoms with Crippen LogP contribution in [0.3, 0.4) is 0 Å². The highest BCUT2D eigenvalue weighted by Crippen LogP contribution is 2.24. The second-order valence-electron chi connectivity index (χ2n) is 7.14. The number of ether oxygens (including phenoxy) is 1. The lowest BCUT2D eigenvalue weighted by atomic mass is 9.96. The zero-order chi connectivity index (χ0) is 16.5. The highest BCUT2D eigenvalue weighted by molar-refractivity contribution is 5.54. The lowest BCUT2D eigenvalue weighted by molar-refractivity contribution is 0.244. The quantitative estimate of drug-likeness (QED) is 0.566. The van der Waals surface area contributed by atoms with Crippen molar-refractivity contribution in [2.75, 3.05) is 12.3 Å². The zero-order valence-electron chi connectivity index (χ0n) is 14.9. The molecule has 0 amide bonds. The first-order valence-electron chi connectivity index (χ1n) is 9.43. The number of rotatable bonds is 7. The number of hydrogen-bond donors (Lipinski definition) is 2. The van der Waals surface area contributed by atoms with Gasteiger partial charge >= 0.3 is 0 Å². The van der Waals surface area contributed by atoms with E-state index in [0.717, 1.165) is 30.4 Å². The topological polar surface area (TPSA) is 47.3 Å². The molecule has 0 aliphatic heterocycles. The van der Waals surface area contributed by atoms with E-state index in [1.54, 1.807) is 0 Å². The number of nitrogens with two attached hydrogens (primary N) is 1. The minimum Gasteiger partial charge on any atom is -0.489 e. The summed E-state index contributed by atoms with van der Waals surface area (Å²) < 4.78 is 5.69. The smallest absolute Gasteiger partial charge is 0.142 e. The van der Waals surface area contributed by atoms with Gasteiger partial charge in [-0.25, -0.2) is 0 Å². The van der Waals surface area contributed by atoms with E-state index >= 15 is 0 Å². The van der Waals surface area contributed by atoms with E-state index in [0.29, 0.717) is 0 Å². The van der Waals surface area contributed by atoms with E-state index in [-0.39, 0.29) is 6.10 Å². The monoisotopic (exact) mass is 318 g/mol. The van der Waals surface area contributed by atoms with Gasteiger partial charge in [0, 0.05) is 6.04 Å². The van der Waals surface area contributed by atoms with Crippen LogP contribution in [0.4, 0.5) is 5.69 Å². The van der Waals surface area contributed by atoms with Gasteiger partial charge in [-0.15, -0.1) is 0 Å². The molecule has 1 aliphatic carbocycles. The highest BCUT2D eigenvalue weighted by atomic mass is 16.5. The molecule has 0 bridgehead atoms. The van der Waals surface area contributed by atoms with E-state index in [4.69, 9.17) is 10.5 Å². The van der Waals surface area contributed by atoms with Crippen molar-refractivity contribution in [3.8, 4) is 5.75 Å². The molecule has 23 heavy (non-hydrogen) atoms. The number of nitrogen functional groups attached to an aromatic ring is 1. The van der Waals surface area contributed by atoms with Crippen molar-refractivity contribution in [2.45, 2.75) is 83.8 Å². The Bertz CT molecular complexity index is 451. The minimum absolute atomic E-state index is 0.163. The number of aryl methyl sites for hydroxylation is 1. The lowest BCUT2D eigenvalue weighted by Gasteiger charge is -2.21. The molecule has 0 aromatic heterocycles. The summed E-state index contributed by atoms with van der Waals surface area (Å²) in [6.07, 6.45) is 12.2. The largest absolute Gasteiger partial charge is 0.489 e. The molecule has 1 aliphatic rings. The Labute approximate surface area is 142 Å². The first kappa shape index (κ1) is 18.1. The maximum Gasteiger partial charge on any atom is 0.142 e. The molecule has 130 valence electrons. The van der Waals surface area contributed by atoms with Gasteiger partial charge < -0.3 is 15.8 Å². The second kappa shape index (κ2) is 9.82. The van der Waals surface area contributed by atoms with Gasteiger partial charge in [-0.1, -0.05) is 38.2 Å². The first-order valence-corrected chi connectivity index (χ1v) is 9.43. The van der Waals surface area contributed by atoms with Gasteiger partial charge in [0.05, 0.1) is 11.8 Å². The number of hydrogen-bond acceptors (Lipinski definition) is 3. The van der Waals surface area contributed by atoms with Crippen molar-refractivity contribution in [3.63, 3.8) is 0 Å². The van der Waals surface area contributed by atoms with Crippen LogP contribution in [0.1, 0.15) is 70.8 Å². The summed E-state index contributed by atoms with van der Waals surface area (Å²) >= 11 is 0. The van der Waals surface area contributed by atoms with Crippen molar-refractivity contribution in [1.29, 1.82) is 0 Å². The molecule has 1 aromatic carbocycles. The Morgan fingerprint density at radius 3 is 2.48 bits per heavy atom. The van der Waals surface area contributed by atoms with Crippen LogP contribution >= 0.6 is 0 Å². The van der Waals surface area contributed by atoms with Crippen LogP contribution in [0.5, 0.6) is 5.75 Å². The third-order valence-corrected chi connectivity index (χ3v) is 4.62. The molecule has 2 rings (SSSR count). The molecule has 3 N–H and O–H groups in total. The molecule has 0 unspecified atom stereocenters. The van der Waals surface area contributed by atoms with Gasteiger partial charge in [0.2, 0.25) is 0 Å². The van der Waals surface area contributed by atoms with Crippen LogP contribution in [-0.4, -0.2) is 18.7 Å². The molecule has 3 heteroatoms. The molecule has 0 heterocycles. The van der Waals surface area contributed by atoms with Crippen molar-refractivity contribution in [3.05, 3.63) is 23.8 Å². The maximum absolute atomic E-state index is 6.08. The van der Waals surface area contributed by atoms with Crippen LogP contribution in [0.2, 0.25) is 0 Å². The van der Waals surface area contributed by atoms with E-state index in [1.165, 1.54) is 56.9 Å². The van der Waals surface area contributed by atoms with E-state index < -0.39 is 0 Å². The fourth-order valence-corrected chi connectivity index (χ4v) is 3.37. The normalized spacial score (nSPS) is 17.0. The molecular formula is C20H34N2O. The molecule has 1 fully saturated rings. The van der Waals surface area contributed by atoms with Crippen LogP contribution < -0.4 is 15.8 Å². The predicted octanol–water partition coefficient (Wildman–Crippen LogP) is 4.69. The molecule has 1 saturated carbocycles. The lowest BCUT2D eigenvalue weighted by Crippen LogP contribution is -2.30. The van der Waals surface area contributed by atoms with Crippen LogP contribution in [-0.2, 0) is 6.42 Å². The van der Waals surface area contributed by atoms with Crippen LogP contribution in [0.15, 0.2) is 18.2 Å². The van der Waals surface area contributed by atoms with Crippen LogP contribution in [0.25, 0.3) is 0 Å². The molecule has 1 aromatic rings. The minimum atomic E-state index is 0.163. The summed E-state index contributed by atoms with van der Waals surface area (Å²) in [5.41, 5.74) is 8.14. The van der Waals surface area contributed by atoms with Gasteiger partial charge in [-0.3, -0.25) is 0 Å². The van der Waals surface area contributed by atoms with E-state index in [9.17, 15) is 0 Å². The maximum atomic E-state index is 6.08. The van der Waals surface area contributed by atoms with Gasteiger partial charge in [0.25, 0.3) is 0 Å². The molecule has 3 nitrogen and oxygen atoms in total. The predicted molar refractivity (Wildman–Crippen MR) is 99.0 cm³/mol. The standard InChI is InChI=1S/C20H34N2O/c1-16(2)23-20-13-12-17(15-19(20)21)9-8-14-22-18-10-6-4-3-5-7-11-18/h12-13,15-16,18,22H,3-11,14,21H2,1-2H3. The highest BCUT2D eigenvalue weighted by Gasteiger charge is 2.10. The molecule has 0 radical (unpaired) electrons. The third kappa shape index (κ3) is 6.82. The fraction of sp³-hybridized carbons (Fsp3) is 0.700. The van der Waals surface area contributed by atoms with Gasteiger partial charge in [0.15, 0.2) is 0 Å². The molecule has 0 saturated heterocycles. The Morgan fingerprint density at radius 1 is 1.13 bits per heavy atom. The Hall–Kier alpha value is -1.22. The zero-order valence-corrected chi connectivity index (χ0v) is 14.9. The number of benzene rings is 1. The first-order chi connectivity index (χ1) is 11.1. The number of anilines is 1. The average molecular weight is 319 g/mol. The van der Waals surface area contributed by atoms with E-state index in [1.807, 2.05) is 19.9 Å². The van der Waals surface area contributed by atoms with Gasteiger partial charge in [-0.2, -0.15) is 0 Å². The summed E-state index contributed by atoms with van der Waals surface area (Å²) in [5.74, 6) is 0.802. The van der Waals surface area contributed by atoms with Crippen LogP contribution in [0, 0.1) is 0 Å².